The van der Waals surface area contributed by atoms with Crippen LogP contribution in [0.3, 0.4) is 0 Å². The largest absolute Gasteiger partial charge is 0.273 e. The first-order chi connectivity index (χ1) is 18.6. The quantitative estimate of drug-likeness (QED) is 0.178. The van der Waals surface area contributed by atoms with Gasteiger partial charge in [-0.05, 0) is 65.9 Å². The molecule has 0 radical (unpaired) electrons. The molecule has 0 spiro atoms. The fourth-order valence-electron chi connectivity index (χ4n) is 3.97. The van der Waals surface area contributed by atoms with E-state index in [1.165, 1.54) is 9.87 Å². The standard InChI is InChI=1S/C31H30ClN3O3S/c1-22(2)26-14-10-24(11-15-26)20-33-34-31(36)29-6-4-5-7-30(29)35(21-25-12-16-27(32)17-13-25)39(37,38)28-18-8-23(3)9-19-28/h4-20,22H,21H2,1-3H3,(H,34,36)/b33-20-. The zero-order valence-corrected chi connectivity index (χ0v) is 23.6. The summed E-state index contributed by atoms with van der Waals surface area (Å²) in [5, 5.41) is 4.65. The summed E-state index contributed by atoms with van der Waals surface area (Å²) in [5.74, 6) is -0.111. The minimum absolute atomic E-state index is 0.00311. The molecular formula is C31H30ClN3O3S. The first-order valence-corrected chi connectivity index (χ1v) is 14.3. The monoisotopic (exact) mass is 559 g/mol. The van der Waals surface area contributed by atoms with Gasteiger partial charge in [-0.1, -0.05) is 91.7 Å². The van der Waals surface area contributed by atoms with Gasteiger partial charge in [0.05, 0.1) is 28.9 Å². The van der Waals surface area contributed by atoms with Crippen molar-refractivity contribution in [1.29, 1.82) is 0 Å². The Kier molecular flexibility index (Phi) is 8.84. The molecule has 0 aromatic heterocycles. The maximum Gasteiger partial charge on any atom is 0.273 e. The van der Waals surface area contributed by atoms with Crippen LogP contribution < -0.4 is 9.73 Å². The van der Waals surface area contributed by atoms with Gasteiger partial charge >= 0.3 is 0 Å². The molecule has 0 unspecified atom stereocenters. The van der Waals surface area contributed by atoms with E-state index in [1.807, 2.05) is 31.2 Å². The van der Waals surface area contributed by atoms with E-state index in [9.17, 15) is 13.2 Å². The van der Waals surface area contributed by atoms with Crippen LogP contribution in [-0.4, -0.2) is 20.5 Å². The van der Waals surface area contributed by atoms with Gasteiger partial charge in [0.25, 0.3) is 15.9 Å². The van der Waals surface area contributed by atoms with Crippen molar-refractivity contribution in [2.24, 2.45) is 5.10 Å². The topological polar surface area (TPSA) is 78.8 Å². The molecule has 0 aliphatic carbocycles. The number of nitrogens with one attached hydrogen (secondary N) is 1. The lowest BCUT2D eigenvalue weighted by atomic mass is 10.0. The molecule has 4 aromatic carbocycles. The highest BCUT2D eigenvalue weighted by atomic mass is 35.5. The van der Waals surface area contributed by atoms with Gasteiger partial charge in [-0.2, -0.15) is 5.10 Å². The Morgan fingerprint density at radius 1 is 0.923 bits per heavy atom. The first-order valence-electron chi connectivity index (χ1n) is 12.5. The number of hydrogen-bond donors (Lipinski definition) is 1. The summed E-state index contributed by atoms with van der Waals surface area (Å²) in [7, 11) is -4.03. The minimum Gasteiger partial charge on any atom is -0.267 e. The van der Waals surface area contributed by atoms with Gasteiger partial charge in [-0.25, -0.2) is 13.8 Å². The third-order valence-electron chi connectivity index (χ3n) is 6.25. The Balaban J connectivity index is 1.67. The molecule has 1 amide bonds. The second kappa shape index (κ2) is 12.3. The fourth-order valence-corrected chi connectivity index (χ4v) is 5.57. The van der Waals surface area contributed by atoms with Crippen LogP contribution in [0.15, 0.2) is 107 Å². The molecule has 0 heterocycles. The number of hydrazone groups is 1. The van der Waals surface area contributed by atoms with E-state index in [1.54, 1.807) is 79.0 Å². The average molecular weight is 560 g/mol. The van der Waals surface area contributed by atoms with Crippen LogP contribution in [0.2, 0.25) is 5.02 Å². The van der Waals surface area contributed by atoms with Crippen molar-refractivity contribution in [3.05, 3.63) is 130 Å². The van der Waals surface area contributed by atoms with Gasteiger partial charge in [0.2, 0.25) is 0 Å². The molecule has 0 aliphatic rings. The molecule has 0 saturated heterocycles. The van der Waals surface area contributed by atoms with Crippen LogP contribution in [0.25, 0.3) is 0 Å². The lowest BCUT2D eigenvalue weighted by Gasteiger charge is -2.26. The van der Waals surface area contributed by atoms with Crippen LogP contribution in [0.5, 0.6) is 0 Å². The summed E-state index contributed by atoms with van der Waals surface area (Å²) < 4.78 is 29.0. The van der Waals surface area contributed by atoms with Crippen molar-refractivity contribution >= 4 is 39.4 Å². The third kappa shape index (κ3) is 6.93. The van der Waals surface area contributed by atoms with E-state index in [4.69, 9.17) is 11.6 Å². The van der Waals surface area contributed by atoms with Gasteiger partial charge in [0, 0.05) is 5.02 Å². The highest BCUT2D eigenvalue weighted by Crippen LogP contribution is 2.30. The van der Waals surface area contributed by atoms with Gasteiger partial charge in [0.15, 0.2) is 0 Å². The molecule has 4 aromatic rings. The molecule has 4 rings (SSSR count). The Morgan fingerprint density at radius 3 is 2.21 bits per heavy atom. The van der Waals surface area contributed by atoms with E-state index in [-0.39, 0.29) is 22.7 Å². The van der Waals surface area contributed by atoms with Crippen LogP contribution in [0.4, 0.5) is 5.69 Å². The number of sulfonamides is 1. The summed E-state index contributed by atoms with van der Waals surface area (Å²) in [6.07, 6.45) is 1.55. The van der Waals surface area contributed by atoms with Crippen LogP contribution >= 0.6 is 11.6 Å². The summed E-state index contributed by atoms with van der Waals surface area (Å²) in [5.41, 5.74) is 6.65. The number of hydrogen-bond acceptors (Lipinski definition) is 4. The fraction of sp³-hybridized carbons (Fsp3) is 0.161. The number of aryl methyl sites for hydroxylation is 1. The minimum atomic E-state index is -4.03. The number of anilines is 1. The van der Waals surface area contributed by atoms with E-state index in [0.29, 0.717) is 16.5 Å². The molecule has 39 heavy (non-hydrogen) atoms. The predicted octanol–water partition coefficient (Wildman–Crippen LogP) is 6.93. The first kappa shape index (κ1) is 28.1. The van der Waals surface area contributed by atoms with E-state index < -0.39 is 15.9 Å². The molecule has 0 saturated carbocycles. The molecule has 0 bridgehead atoms. The van der Waals surface area contributed by atoms with Gasteiger partial charge in [-0.15, -0.1) is 0 Å². The zero-order chi connectivity index (χ0) is 28.0. The van der Waals surface area contributed by atoms with E-state index in [0.717, 1.165) is 11.1 Å². The molecule has 0 aliphatic heterocycles. The van der Waals surface area contributed by atoms with Crippen molar-refractivity contribution in [2.75, 3.05) is 4.31 Å². The van der Waals surface area contributed by atoms with Gasteiger partial charge < -0.3 is 0 Å². The Bertz CT molecular complexity index is 1570. The zero-order valence-electron chi connectivity index (χ0n) is 22.0. The molecule has 1 N–H and O–H groups in total. The molecule has 8 heteroatoms. The number of carbonyl (C=O) groups excluding carboxylic acids is 1. The Labute approximate surface area is 235 Å². The lowest BCUT2D eigenvalue weighted by molar-refractivity contribution is 0.0955. The molecular weight excluding hydrogens is 530 g/mol. The lowest BCUT2D eigenvalue weighted by Crippen LogP contribution is -2.33. The molecule has 6 nitrogen and oxygen atoms in total. The van der Waals surface area contributed by atoms with Crippen LogP contribution in [-0.2, 0) is 16.6 Å². The summed E-state index contributed by atoms with van der Waals surface area (Å²) >= 11 is 6.05. The summed E-state index contributed by atoms with van der Waals surface area (Å²) in [4.78, 5) is 13.4. The van der Waals surface area contributed by atoms with Gasteiger partial charge in [0.1, 0.15) is 0 Å². The number of amides is 1. The molecule has 0 fully saturated rings. The Morgan fingerprint density at radius 2 is 1.56 bits per heavy atom. The molecule has 0 atom stereocenters. The Hall–Kier alpha value is -3.94. The molecule has 200 valence electrons. The number of para-hydroxylation sites is 1. The normalized spacial score (nSPS) is 11.6. The van der Waals surface area contributed by atoms with E-state index in [2.05, 4.69) is 24.4 Å². The second-order valence-electron chi connectivity index (χ2n) is 9.49. The van der Waals surface area contributed by atoms with Crippen molar-refractivity contribution in [3.63, 3.8) is 0 Å². The third-order valence-corrected chi connectivity index (χ3v) is 8.27. The van der Waals surface area contributed by atoms with Gasteiger partial charge in [-0.3, -0.25) is 9.10 Å². The number of benzene rings is 4. The van der Waals surface area contributed by atoms with Crippen LogP contribution in [0, 0.1) is 6.92 Å². The maximum atomic E-state index is 13.9. The summed E-state index contributed by atoms with van der Waals surface area (Å²) in [6.45, 7) is 6.13. The average Bonchev–Trinajstić information content (AvgIpc) is 2.93. The predicted molar refractivity (Wildman–Crippen MR) is 158 cm³/mol. The van der Waals surface area contributed by atoms with Crippen molar-refractivity contribution in [2.45, 2.75) is 38.1 Å². The number of halogens is 1. The number of carbonyl (C=O) groups is 1. The van der Waals surface area contributed by atoms with E-state index >= 15 is 0 Å². The highest BCUT2D eigenvalue weighted by molar-refractivity contribution is 7.92. The smallest absolute Gasteiger partial charge is 0.267 e. The van der Waals surface area contributed by atoms with Crippen LogP contribution in [0.1, 0.15) is 52.4 Å². The van der Waals surface area contributed by atoms with Crippen molar-refractivity contribution in [3.8, 4) is 0 Å². The highest BCUT2D eigenvalue weighted by Gasteiger charge is 2.28. The number of rotatable bonds is 9. The maximum absolute atomic E-state index is 13.9. The summed E-state index contributed by atoms with van der Waals surface area (Å²) in [6, 6.07) is 28.0. The van der Waals surface area contributed by atoms with Crippen molar-refractivity contribution in [1.82, 2.24) is 5.43 Å². The number of nitrogens with zero attached hydrogens (tertiary/aromatic N) is 2. The second-order valence-corrected chi connectivity index (χ2v) is 11.8. The SMILES string of the molecule is Cc1ccc(S(=O)(=O)N(Cc2ccc(Cl)cc2)c2ccccc2C(=O)N/N=C\c2ccc(C(C)C)cc2)cc1. The van der Waals surface area contributed by atoms with Crippen molar-refractivity contribution < 1.29 is 13.2 Å².